The van der Waals surface area contributed by atoms with Crippen molar-refractivity contribution < 1.29 is 9.53 Å². The molecule has 1 fully saturated rings. The molecular formula is C11H15N3O2. The van der Waals surface area contributed by atoms with Gasteiger partial charge in [-0.2, -0.15) is 0 Å². The summed E-state index contributed by atoms with van der Waals surface area (Å²) in [7, 11) is 0. The highest BCUT2D eigenvalue weighted by molar-refractivity contribution is 5.89. The Labute approximate surface area is 93.8 Å². The first-order chi connectivity index (χ1) is 7.66. The lowest BCUT2D eigenvalue weighted by molar-refractivity contribution is 0.0281. The van der Waals surface area contributed by atoms with E-state index in [-0.39, 0.29) is 24.2 Å². The number of aromatic nitrogens is 1. The monoisotopic (exact) mass is 221 g/mol. The highest BCUT2D eigenvalue weighted by Crippen LogP contribution is 2.20. The number of carbonyl (C=O) groups excluding carboxylic acids is 1. The molecule has 0 spiro atoms. The van der Waals surface area contributed by atoms with Crippen molar-refractivity contribution in [3.63, 3.8) is 0 Å². The molecule has 1 saturated carbocycles. The largest absolute Gasteiger partial charge is 0.457 e. The number of pyridine rings is 1. The number of nitrogens with two attached hydrogens (primary N) is 2. The highest BCUT2D eigenvalue weighted by Gasteiger charge is 2.32. The third-order valence-corrected chi connectivity index (χ3v) is 2.76. The van der Waals surface area contributed by atoms with Gasteiger partial charge in [-0.25, -0.2) is 4.79 Å². The quantitative estimate of drug-likeness (QED) is 0.689. The van der Waals surface area contributed by atoms with E-state index >= 15 is 0 Å². The van der Waals surface area contributed by atoms with E-state index in [4.69, 9.17) is 16.2 Å². The van der Waals surface area contributed by atoms with E-state index < -0.39 is 0 Å². The molecule has 3 atom stereocenters. The third kappa shape index (κ3) is 2.37. The van der Waals surface area contributed by atoms with Gasteiger partial charge >= 0.3 is 5.97 Å². The van der Waals surface area contributed by atoms with Gasteiger partial charge in [0.15, 0.2) is 0 Å². The van der Waals surface area contributed by atoms with Crippen molar-refractivity contribution in [2.45, 2.75) is 31.0 Å². The first-order valence-corrected chi connectivity index (χ1v) is 5.29. The summed E-state index contributed by atoms with van der Waals surface area (Å²) in [6.45, 7) is 0. The van der Waals surface area contributed by atoms with E-state index in [0.29, 0.717) is 18.4 Å². The number of ether oxygens (including phenoxy) is 1. The SMILES string of the molecule is N[C@@H]1CC(OC(=O)c2ccncc2)[C@H](N)C1. The van der Waals surface area contributed by atoms with Crippen molar-refractivity contribution in [2.75, 3.05) is 0 Å². The van der Waals surface area contributed by atoms with E-state index in [1.807, 2.05) is 0 Å². The van der Waals surface area contributed by atoms with Gasteiger partial charge in [-0.1, -0.05) is 0 Å². The first-order valence-electron chi connectivity index (χ1n) is 5.29. The van der Waals surface area contributed by atoms with Gasteiger partial charge < -0.3 is 16.2 Å². The van der Waals surface area contributed by atoms with Gasteiger partial charge in [0.1, 0.15) is 6.10 Å². The molecule has 1 aromatic rings. The van der Waals surface area contributed by atoms with Crippen LogP contribution in [-0.4, -0.2) is 29.1 Å². The van der Waals surface area contributed by atoms with Crippen molar-refractivity contribution in [1.29, 1.82) is 0 Å². The zero-order valence-corrected chi connectivity index (χ0v) is 8.87. The molecule has 0 radical (unpaired) electrons. The van der Waals surface area contributed by atoms with Gasteiger partial charge in [-0.3, -0.25) is 4.98 Å². The van der Waals surface area contributed by atoms with E-state index in [1.54, 1.807) is 24.5 Å². The lowest BCUT2D eigenvalue weighted by Crippen LogP contribution is -2.33. The Morgan fingerprint density at radius 2 is 2.00 bits per heavy atom. The fourth-order valence-corrected chi connectivity index (χ4v) is 1.90. The van der Waals surface area contributed by atoms with Crippen LogP contribution >= 0.6 is 0 Å². The van der Waals surface area contributed by atoms with E-state index in [0.717, 1.165) is 0 Å². The van der Waals surface area contributed by atoms with E-state index in [9.17, 15) is 4.79 Å². The average Bonchev–Trinajstić information content (AvgIpc) is 2.59. The molecule has 2 rings (SSSR count). The number of esters is 1. The van der Waals surface area contributed by atoms with Crippen molar-refractivity contribution in [2.24, 2.45) is 11.5 Å². The summed E-state index contributed by atoms with van der Waals surface area (Å²) in [4.78, 5) is 15.5. The second kappa shape index (κ2) is 4.59. The Morgan fingerprint density at radius 3 is 2.56 bits per heavy atom. The van der Waals surface area contributed by atoms with Gasteiger partial charge in [-0.15, -0.1) is 0 Å². The fourth-order valence-electron chi connectivity index (χ4n) is 1.90. The molecule has 5 heteroatoms. The van der Waals surface area contributed by atoms with Crippen LogP contribution < -0.4 is 11.5 Å². The third-order valence-electron chi connectivity index (χ3n) is 2.76. The van der Waals surface area contributed by atoms with Crippen LogP contribution in [0.2, 0.25) is 0 Å². The molecule has 1 heterocycles. The van der Waals surface area contributed by atoms with Crippen molar-refractivity contribution in [3.05, 3.63) is 30.1 Å². The van der Waals surface area contributed by atoms with Crippen molar-refractivity contribution >= 4 is 5.97 Å². The summed E-state index contributed by atoms with van der Waals surface area (Å²) in [6, 6.07) is 3.11. The maximum atomic E-state index is 11.7. The number of rotatable bonds is 2. The number of nitrogens with zero attached hydrogens (tertiary/aromatic N) is 1. The molecule has 86 valence electrons. The van der Waals surface area contributed by atoms with Crippen LogP contribution in [0.25, 0.3) is 0 Å². The van der Waals surface area contributed by atoms with Crippen LogP contribution in [0.5, 0.6) is 0 Å². The smallest absolute Gasteiger partial charge is 0.338 e. The van der Waals surface area contributed by atoms with Gasteiger partial charge in [0, 0.05) is 30.9 Å². The molecule has 5 nitrogen and oxygen atoms in total. The van der Waals surface area contributed by atoms with Crippen molar-refractivity contribution in [3.8, 4) is 0 Å². The predicted molar refractivity (Wildman–Crippen MR) is 58.6 cm³/mol. The summed E-state index contributed by atoms with van der Waals surface area (Å²) in [5, 5.41) is 0. The Hall–Kier alpha value is -1.46. The minimum Gasteiger partial charge on any atom is -0.457 e. The summed E-state index contributed by atoms with van der Waals surface area (Å²) in [6.07, 6.45) is 4.18. The zero-order chi connectivity index (χ0) is 11.5. The Bertz CT molecular complexity index is 369. The second-order valence-corrected chi connectivity index (χ2v) is 4.07. The normalized spacial score (nSPS) is 29.0. The maximum Gasteiger partial charge on any atom is 0.338 e. The van der Waals surface area contributed by atoms with Crippen LogP contribution in [-0.2, 0) is 4.74 Å². The molecule has 0 saturated heterocycles. The molecule has 1 aromatic heterocycles. The van der Waals surface area contributed by atoms with Crippen LogP contribution in [0.1, 0.15) is 23.2 Å². The second-order valence-electron chi connectivity index (χ2n) is 4.07. The number of carbonyl (C=O) groups is 1. The molecule has 16 heavy (non-hydrogen) atoms. The van der Waals surface area contributed by atoms with Crippen LogP contribution in [0.3, 0.4) is 0 Å². The molecule has 4 N–H and O–H groups in total. The minimum absolute atomic E-state index is 0.0326. The minimum atomic E-state index is -0.364. The van der Waals surface area contributed by atoms with Gasteiger partial charge in [-0.05, 0) is 18.6 Å². The zero-order valence-electron chi connectivity index (χ0n) is 8.87. The molecule has 0 amide bonds. The Kier molecular flexibility index (Phi) is 3.17. The first kappa shape index (κ1) is 11.0. The lowest BCUT2D eigenvalue weighted by atomic mass is 10.2. The van der Waals surface area contributed by atoms with Gasteiger partial charge in [0.25, 0.3) is 0 Å². The van der Waals surface area contributed by atoms with E-state index in [1.165, 1.54) is 0 Å². The molecule has 1 unspecified atom stereocenters. The standard InChI is InChI=1S/C11H15N3O2/c12-8-5-9(13)10(6-8)16-11(15)7-1-3-14-4-2-7/h1-4,8-10H,5-6,12-13H2/t8-,9+,10?/m0/s1. The summed E-state index contributed by atoms with van der Waals surface area (Å²) >= 11 is 0. The summed E-state index contributed by atoms with van der Waals surface area (Å²) < 4.78 is 5.31. The Balaban J connectivity index is 1.98. The topological polar surface area (TPSA) is 91.2 Å². The molecule has 1 aliphatic rings. The van der Waals surface area contributed by atoms with Gasteiger partial charge in [0.2, 0.25) is 0 Å². The molecule has 0 bridgehead atoms. The van der Waals surface area contributed by atoms with Crippen LogP contribution in [0.15, 0.2) is 24.5 Å². The highest BCUT2D eigenvalue weighted by atomic mass is 16.5. The molecule has 0 aromatic carbocycles. The van der Waals surface area contributed by atoms with Crippen LogP contribution in [0.4, 0.5) is 0 Å². The molecular weight excluding hydrogens is 206 g/mol. The Morgan fingerprint density at radius 1 is 1.31 bits per heavy atom. The van der Waals surface area contributed by atoms with E-state index in [2.05, 4.69) is 4.98 Å². The van der Waals surface area contributed by atoms with Gasteiger partial charge in [0.05, 0.1) is 5.56 Å². The molecule has 0 aliphatic heterocycles. The predicted octanol–water partition coefficient (Wildman–Crippen LogP) is 0.0554. The van der Waals surface area contributed by atoms with Crippen LogP contribution in [0, 0.1) is 0 Å². The number of hydrogen-bond acceptors (Lipinski definition) is 5. The molecule has 1 aliphatic carbocycles. The summed E-state index contributed by atoms with van der Waals surface area (Å²) in [5.41, 5.74) is 12.1. The number of hydrogen-bond donors (Lipinski definition) is 2. The fraction of sp³-hybridized carbons (Fsp3) is 0.455. The average molecular weight is 221 g/mol. The summed E-state index contributed by atoms with van der Waals surface area (Å²) in [5.74, 6) is -0.364. The van der Waals surface area contributed by atoms with Crippen molar-refractivity contribution in [1.82, 2.24) is 4.98 Å². The lowest BCUT2D eigenvalue weighted by Gasteiger charge is -2.15. The maximum absolute atomic E-state index is 11.7.